The Morgan fingerprint density at radius 3 is 2.16 bits per heavy atom. The Labute approximate surface area is 226 Å². The number of rotatable bonds is 8. The highest BCUT2D eigenvalue weighted by molar-refractivity contribution is 5.76. The van der Waals surface area contributed by atoms with Gasteiger partial charge in [-0.25, -0.2) is 4.79 Å². The van der Waals surface area contributed by atoms with E-state index >= 15 is 0 Å². The van der Waals surface area contributed by atoms with Crippen molar-refractivity contribution in [3.8, 4) is 5.75 Å². The molecule has 5 nitrogen and oxygen atoms in total. The zero-order chi connectivity index (χ0) is 28.8. The monoisotopic (exact) mass is 539 g/mol. The summed E-state index contributed by atoms with van der Waals surface area (Å²) in [5, 5.41) is 9.22. The number of nitrogens with zero attached hydrogens (tertiary/aromatic N) is 1. The lowest BCUT2D eigenvalue weighted by molar-refractivity contribution is -0.152. The van der Waals surface area contributed by atoms with Gasteiger partial charge in [0.1, 0.15) is 5.75 Å². The number of carboxylic acid groups (broad SMARTS) is 1. The van der Waals surface area contributed by atoms with Crippen LogP contribution in [0, 0.1) is 5.92 Å². The Bertz CT molecular complexity index is 922. The van der Waals surface area contributed by atoms with Gasteiger partial charge in [0.05, 0.1) is 18.6 Å². The first-order valence-electron chi connectivity index (χ1n) is 13.4. The lowest BCUT2D eigenvalue weighted by Crippen LogP contribution is -2.37. The maximum absolute atomic E-state index is 12.0. The van der Waals surface area contributed by atoms with Gasteiger partial charge >= 0.3 is 12.1 Å². The molecule has 1 aliphatic carbocycles. The summed E-state index contributed by atoms with van der Waals surface area (Å²) >= 11 is 0. The number of alkyl halides is 3. The zero-order valence-corrected chi connectivity index (χ0v) is 23.6. The highest BCUT2D eigenvalue weighted by atomic mass is 19.4. The van der Waals surface area contributed by atoms with E-state index in [4.69, 9.17) is 9.47 Å². The fourth-order valence-electron chi connectivity index (χ4n) is 3.65. The van der Waals surface area contributed by atoms with E-state index in [2.05, 4.69) is 24.8 Å². The molecular weight excluding hydrogens is 495 g/mol. The van der Waals surface area contributed by atoms with Crippen molar-refractivity contribution in [2.24, 2.45) is 5.92 Å². The Morgan fingerprint density at radius 2 is 1.63 bits per heavy atom. The summed E-state index contributed by atoms with van der Waals surface area (Å²) in [5.41, 5.74) is 1.35. The molecule has 2 aliphatic rings. The lowest BCUT2D eigenvalue weighted by atomic mass is 10.0. The summed E-state index contributed by atoms with van der Waals surface area (Å²) < 4.78 is 47.4. The number of hydrogen-bond acceptors (Lipinski definition) is 4. The third kappa shape index (κ3) is 11.9. The molecule has 0 aromatic heterocycles. The molecule has 0 saturated carbocycles. The van der Waals surface area contributed by atoms with Gasteiger partial charge in [0.25, 0.3) is 0 Å². The maximum Gasteiger partial charge on any atom is 0.398 e. The molecular formula is C30H44F3NO4. The summed E-state index contributed by atoms with van der Waals surface area (Å²) in [4.78, 5) is 13.7. The van der Waals surface area contributed by atoms with Crippen molar-refractivity contribution in [2.75, 3.05) is 26.2 Å². The van der Waals surface area contributed by atoms with Crippen molar-refractivity contribution >= 4 is 5.97 Å². The van der Waals surface area contributed by atoms with Crippen LogP contribution in [0.3, 0.4) is 0 Å². The molecule has 0 bridgehead atoms. The number of carboxylic acids is 1. The molecule has 1 heterocycles. The Balaban J connectivity index is 0.000000463. The molecule has 1 aliphatic heterocycles. The first kappa shape index (κ1) is 33.4. The number of ether oxygens (including phenoxy) is 2. The molecule has 8 heteroatoms. The summed E-state index contributed by atoms with van der Waals surface area (Å²) in [7, 11) is 0. The first-order valence-corrected chi connectivity index (χ1v) is 13.4. The molecule has 214 valence electrons. The number of carbonyl (C=O) groups is 1. The van der Waals surface area contributed by atoms with Crippen LogP contribution < -0.4 is 4.74 Å². The molecule has 1 atom stereocenters. The SMILES string of the molecule is CC.CCC(C)OCCN1CCc2ccc(OC(C)(C)C(=O)O)cc2CC1.FC(F)(F)C1C=CC=CC=C1. The topological polar surface area (TPSA) is 59.0 Å². The number of allylic oxidation sites excluding steroid dienone is 6. The summed E-state index contributed by atoms with van der Waals surface area (Å²) in [5.74, 6) is -1.77. The van der Waals surface area contributed by atoms with Crippen LogP contribution in [-0.4, -0.2) is 60.1 Å². The van der Waals surface area contributed by atoms with Gasteiger partial charge in [-0.2, -0.15) is 13.2 Å². The van der Waals surface area contributed by atoms with Crippen LogP contribution in [0.1, 0.15) is 59.1 Å². The number of fused-ring (bicyclic) bond motifs is 1. The quantitative estimate of drug-likeness (QED) is 0.385. The van der Waals surface area contributed by atoms with Crippen molar-refractivity contribution in [3.05, 3.63) is 65.8 Å². The van der Waals surface area contributed by atoms with Crippen molar-refractivity contribution in [1.29, 1.82) is 0 Å². The predicted molar refractivity (Wildman–Crippen MR) is 147 cm³/mol. The lowest BCUT2D eigenvalue weighted by Gasteiger charge is -2.22. The van der Waals surface area contributed by atoms with Gasteiger partial charge in [0, 0.05) is 19.6 Å². The third-order valence-electron chi connectivity index (χ3n) is 6.19. The van der Waals surface area contributed by atoms with Crippen molar-refractivity contribution in [2.45, 2.75) is 78.7 Å². The van der Waals surface area contributed by atoms with Crippen LogP contribution in [0.15, 0.2) is 54.7 Å². The second kappa shape index (κ2) is 16.4. The Morgan fingerprint density at radius 1 is 1.05 bits per heavy atom. The van der Waals surface area contributed by atoms with Crippen LogP contribution >= 0.6 is 0 Å². The Hall–Kier alpha value is -2.58. The van der Waals surface area contributed by atoms with E-state index in [9.17, 15) is 23.1 Å². The molecule has 1 aromatic rings. The second-order valence-electron chi connectivity index (χ2n) is 9.50. The van der Waals surface area contributed by atoms with Gasteiger partial charge in [-0.1, -0.05) is 63.3 Å². The van der Waals surface area contributed by atoms with E-state index in [1.54, 1.807) is 26.0 Å². The van der Waals surface area contributed by atoms with Crippen LogP contribution in [0.5, 0.6) is 5.75 Å². The molecule has 0 amide bonds. The predicted octanol–water partition coefficient (Wildman–Crippen LogP) is 7.02. The van der Waals surface area contributed by atoms with Crippen molar-refractivity contribution in [3.63, 3.8) is 0 Å². The summed E-state index contributed by atoms with van der Waals surface area (Å²) in [6.45, 7) is 15.1. The largest absolute Gasteiger partial charge is 0.478 e. The number of benzene rings is 1. The normalized spacial score (nSPS) is 16.7. The molecule has 38 heavy (non-hydrogen) atoms. The minimum Gasteiger partial charge on any atom is -0.478 e. The zero-order valence-electron chi connectivity index (χ0n) is 23.6. The van der Waals surface area contributed by atoms with Crippen LogP contribution in [0.25, 0.3) is 0 Å². The van der Waals surface area contributed by atoms with Gasteiger partial charge in [0.15, 0.2) is 5.60 Å². The molecule has 0 spiro atoms. The average molecular weight is 540 g/mol. The van der Waals surface area contributed by atoms with Gasteiger partial charge < -0.3 is 19.5 Å². The first-order chi connectivity index (χ1) is 17.9. The molecule has 0 fully saturated rings. The number of halogens is 3. The van der Waals surface area contributed by atoms with E-state index < -0.39 is 23.7 Å². The van der Waals surface area contributed by atoms with Gasteiger partial charge in [-0.3, -0.25) is 0 Å². The van der Waals surface area contributed by atoms with Gasteiger partial charge in [-0.15, -0.1) is 0 Å². The summed E-state index contributed by atoms with van der Waals surface area (Å²) in [6, 6.07) is 5.95. The summed E-state index contributed by atoms with van der Waals surface area (Å²) in [6.07, 6.45) is 7.35. The van der Waals surface area contributed by atoms with Crippen molar-refractivity contribution < 1.29 is 32.5 Å². The van der Waals surface area contributed by atoms with E-state index in [0.29, 0.717) is 11.9 Å². The van der Waals surface area contributed by atoms with E-state index in [1.807, 2.05) is 26.0 Å². The molecule has 1 N–H and O–H groups in total. The number of hydrogen-bond donors (Lipinski definition) is 1. The van der Waals surface area contributed by atoms with Crippen LogP contribution in [-0.2, 0) is 22.4 Å². The second-order valence-corrected chi connectivity index (χ2v) is 9.50. The number of aliphatic carboxylic acids is 1. The fourth-order valence-corrected chi connectivity index (χ4v) is 3.65. The van der Waals surface area contributed by atoms with Crippen LogP contribution in [0.4, 0.5) is 13.2 Å². The van der Waals surface area contributed by atoms with E-state index in [-0.39, 0.29) is 0 Å². The molecule has 0 saturated heterocycles. The van der Waals surface area contributed by atoms with Crippen molar-refractivity contribution in [1.82, 2.24) is 4.90 Å². The maximum atomic E-state index is 12.0. The minimum atomic E-state index is -4.15. The van der Waals surface area contributed by atoms with Gasteiger partial charge in [-0.05, 0) is 63.3 Å². The molecule has 1 aromatic carbocycles. The van der Waals surface area contributed by atoms with Crippen LogP contribution in [0.2, 0.25) is 0 Å². The standard InChI is InChI=1S/C20H31NO4.C8H7F3.C2H6/c1-5-15(2)24-13-12-21-10-8-16-6-7-18(14-17(16)9-11-21)25-20(3,4)19(22)23;9-8(10,11)7-5-3-1-2-4-6-7;1-2/h6-7,14-15H,5,8-13H2,1-4H3,(H,22,23);1-7H;1-2H3. The molecule has 3 rings (SSSR count). The average Bonchev–Trinajstić information content (AvgIpc) is 3.27. The van der Waals surface area contributed by atoms with E-state index in [0.717, 1.165) is 57.7 Å². The van der Waals surface area contributed by atoms with E-state index in [1.165, 1.54) is 23.3 Å². The highest BCUT2D eigenvalue weighted by Crippen LogP contribution is 2.29. The highest BCUT2D eigenvalue weighted by Gasteiger charge is 2.35. The fraction of sp³-hybridized carbons (Fsp3) is 0.567. The smallest absolute Gasteiger partial charge is 0.398 e. The van der Waals surface area contributed by atoms with Gasteiger partial charge in [0.2, 0.25) is 0 Å². The Kier molecular flexibility index (Phi) is 14.4. The third-order valence-corrected chi connectivity index (χ3v) is 6.19. The molecule has 1 unspecified atom stereocenters. The molecule has 0 radical (unpaired) electrons. The minimum absolute atomic E-state index is 0.321.